The highest BCUT2D eigenvalue weighted by Gasteiger charge is 2.18. The third-order valence-corrected chi connectivity index (χ3v) is 3.30. The number of hydrogen-bond donors (Lipinski definition) is 2. The molecule has 3 nitrogen and oxygen atoms in total. The fraction of sp³-hybridized carbons (Fsp3) is 0.500. The van der Waals surface area contributed by atoms with Crippen molar-refractivity contribution in [3.05, 3.63) is 27.8 Å². The molecule has 0 heterocycles. The number of aliphatic hydroxyl groups is 1. The number of hydrogen-bond acceptors (Lipinski definition) is 3. The Labute approximate surface area is 101 Å². The second-order valence-corrected chi connectivity index (χ2v) is 4.25. The zero-order valence-corrected chi connectivity index (χ0v) is 10.6. The van der Waals surface area contributed by atoms with Gasteiger partial charge in [-0.1, -0.05) is 11.6 Å². The molecule has 0 aliphatic rings. The predicted molar refractivity (Wildman–Crippen MR) is 66.1 cm³/mol. The van der Waals surface area contributed by atoms with Crippen molar-refractivity contribution in [2.45, 2.75) is 26.3 Å². The number of methoxy groups -OCH3 is 1. The minimum atomic E-state index is -0.252. The molecule has 0 aromatic heterocycles. The van der Waals surface area contributed by atoms with Crippen molar-refractivity contribution in [1.82, 2.24) is 0 Å². The van der Waals surface area contributed by atoms with Crippen molar-refractivity contribution in [2.24, 2.45) is 5.73 Å². The van der Waals surface area contributed by atoms with Crippen molar-refractivity contribution in [2.75, 3.05) is 13.7 Å². The largest absolute Gasteiger partial charge is 0.496 e. The molecule has 0 aliphatic carbocycles. The monoisotopic (exact) mass is 243 g/mol. The molecule has 0 amide bonds. The lowest BCUT2D eigenvalue weighted by Crippen LogP contribution is -2.15. The smallest absolute Gasteiger partial charge is 0.124 e. The third kappa shape index (κ3) is 2.48. The fourth-order valence-corrected chi connectivity index (χ4v) is 2.01. The van der Waals surface area contributed by atoms with Crippen LogP contribution in [0.2, 0.25) is 5.02 Å². The number of benzene rings is 1. The van der Waals surface area contributed by atoms with E-state index in [9.17, 15) is 0 Å². The number of halogens is 1. The van der Waals surface area contributed by atoms with Crippen molar-refractivity contribution in [3.8, 4) is 5.75 Å². The number of rotatable bonds is 4. The first kappa shape index (κ1) is 13.3. The molecule has 4 heteroatoms. The lowest BCUT2D eigenvalue weighted by Gasteiger charge is -2.19. The van der Waals surface area contributed by atoms with Gasteiger partial charge in [0, 0.05) is 23.2 Å². The molecule has 1 atom stereocenters. The molecule has 0 aliphatic heterocycles. The van der Waals surface area contributed by atoms with E-state index in [2.05, 4.69) is 0 Å². The summed E-state index contributed by atoms with van der Waals surface area (Å²) in [5.74, 6) is 0.736. The highest BCUT2D eigenvalue weighted by Crippen LogP contribution is 2.35. The van der Waals surface area contributed by atoms with E-state index in [4.69, 9.17) is 27.2 Å². The standard InChI is InChI=1S/C12H18ClNO2/c1-7-6-10(16-3)11(8(2)12(7)13)9(14)4-5-15/h6,9,15H,4-5,14H2,1-3H3. The summed E-state index contributed by atoms with van der Waals surface area (Å²) in [5.41, 5.74) is 8.78. The summed E-state index contributed by atoms with van der Waals surface area (Å²) < 4.78 is 5.31. The molecule has 0 saturated carbocycles. The van der Waals surface area contributed by atoms with Crippen molar-refractivity contribution in [3.63, 3.8) is 0 Å². The maximum atomic E-state index is 8.92. The summed E-state index contributed by atoms with van der Waals surface area (Å²) in [6.07, 6.45) is 0.497. The molecule has 0 saturated heterocycles. The van der Waals surface area contributed by atoms with E-state index in [1.54, 1.807) is 7.11 Å². The van der Waals surface area contributed by atoms with Crippen LogP contribution < -0.4 is 10.5 Å². The molecule has 1 aromatic rings. The molecule has 1 aromatic carbocycles. The van der Waals surface area contributed by atoms with Crippen LogP contribution in [0.1, 0.15) is 29.2 Å². The summed E-state index contributed by atoms with van der Waals surface area (Å²) >= 11 is 6.18. The number of aliphatic hydroxyl groups excluding tert-OH is 1. The average molecular weight is 244 g/mol. The van der Waals surface area contributed by atoms with Gasteiger partial charge in [0.1, 0.15) is 5.75 Å². The van der Waals surface area contributed by atoms with Gasteiger partial charge in [-0.2, -0.15) is 0 Å². The number of ether oxygens (including phenoxy) is 1. The Balaban J connectivity index is 3.29. The Morgan fingerprint density at radius 3 is 2.62 bits per heavy atom. The molecule has 16 heavy (non-hydrogen) atoms. The van der Waals surface area contributed by atoms with E-state index in [0.29, 0.717) is 11.4 Å². The van der Waals surface area contributed by atoms with E-state index in [1.807, 2.05) is 19.9 Å². The van der Waals surface area contributed by atoms with Gasteiger partial charge < -0.3 is 15.6 Å². The Bertz CT molecular complexity index is 380. The van der Waals surface area contributed by atoms with Gasteiger partial charge in [0.05, 0.1) is 7.11 Å². The van der Waals surface area contributed by atoms with Crippen LogP contribution in [-0.2, 0) is 0 Å². The first-order valence-corrected chi connectivity index (χ1v) is 5.60. The maximum Gasteiger partial charge on any atom is 0.124 e. The number of aryl methyl sites for hydroxylation is 1. The van der Waals surface area contributed by atoms with Crippen LogP contribution >= 0.6 is 11.6 Å². The van der Waals surface area contributed by atoms with Gasteiger partial charge in [-0.3, -0.25) is 0 Å². The first-order chi connectivity index (χ1) is 7.52. The van der Waals surface area contributed by atoms with Gasteiger partial charge >= 0.3 is 0 Å². The van der Waals surface area contributed by atoms with E-state index in [-0.39, 0.29) is 12.6 Å². The van der Waals surface area contributed by atoms with E-state index < -0.39 is 0 Å². The van der Waals surface area contributed by atoms with Crippen molar-refractivity contribution < 1.29 is 9.84 Å². The van der Waals surface area contributed by atoms with Gasteiger partial charge in [-0.05, 0) is 37.5 Å². The summed E-state index contributed by atoms with van der Waals surface area (Å²) in [7, 11) is 1.61. The van der Waals surface area contributed by atoms with Crippen LogP contribution in [0.5, 0.6) is 5.75 Å². The molecule has 1 unspecified atom stereocenters. The maximum absolute atomic E-state index is 8.92. The number of nitrogens with two attached hydrogens (primary N) is 1. The zero-order chi connectivity index (χ0) is 12.3. The Morgan fingerprint density at radius 1 is 1.50 bits per heavy atom. The van der Waals surface area contributed by atoms with Crippen LogP contribution in [0.3, 0.4) is 0 Å². The Hall–Kier alpha value is -0.770. The van der Waals surface area contributed by atoms with Crippen LogP contribution in [0.25, 0.3) is 0 Å². The van der Waals surface area contributed by atoms with Gasteiger partial charge in [0.2, 0.25) is 0 Å². The van der Waals surface area contributed by atoms with Gasteiger partial charge in [-0.15, -0.1) is 0 Å². The second kappa shape index (κ2) is 5.53. The van der Waals surface area contributed by atoms with Gasteiger partial charge in [-0.25, -0.2) is 0 Å². The quantitative estimate of drug-likeness (QED) is 0.854. The zero-order valence-electron chi connectivity index (χ0n) is 9.88. The molecule has 0 fully saturated rings. The third-order valence-electron chi connectivity index (χ3n) is 2.72. The minimum absolute atomic E-state index is 0.0508. The SMILES string of the molecule is COc1cc(C)c(Cl)c(C)c1C(N)CCO. The Kier molecular flexibility index (Phi) is 4.59. The summed E-state index contributed by atoms with van der Waals surface area (Å²) in [6.45, 7) is 3.90. The predicted octanol–water partition coefficient (Wildman–Crippen LogP) is 2.35. The molecular formula is C12H18ClNO2. The Morgan fingerprint density at radius 2 is 2.12 bits per heavy atom. The normalized spacial score (nSPS) is 12.6. The lowest BCUT2D eigenvalue weighted by molar-refractivity contribution is 0.275. The van der Waals surface area contributed by atoms with Gasteiger partial charge in [0.15, 0.2) is 0 Å². The highest BCUT2D eigenvalue weighted by molar-refractivity contribution is 6.32. The first-order valence-electron chi connectivity index (χ1n) is 5.23. The van der Waals surface area contributed by atoms with E-state index in [1.165, 1.54) is 0 Å². The molecule has 0 radical (unpaired) electrons. The van der Waals surface area contributed by atoms with Crippen LogP contribution in [0.4, 0.5) is 0 Å². The lowest BCUT2D eigenvalue weighted by atomic mass is 9.96. The summed E-state index contributed by atoms with van der Waals surface area (Å²) in [4.78, 5) is 0. The van der Waals surface area contributed by atoms with Gasteiger partial charge in [0.25, 0.3) is 0 Å². The molecular weight excluding hydrogens is 226 g/mol. The molecule has 90 valence electrons. The molecule has 0 spiro atoms. The van der Waals surface area contributed by atoms with Crippen molar-refractivity contribution in [1.29, 1.82) is 0 Å². The average Bonchev–Trinajstić information content (AvgIpc) is 2.25. The topological polar surface area (TPSA) is 55.5 Å². The minimum Gasteiger partial charge on any atom is -0.496 e. The van der Waals surface area contributed by atoms with Crippen LogP contribution in [-0.4, -0.2) is 18.8 Å². The summed E-state index contributed by atoms with van der Waals surface area (Å²) in [5, 5.41) is 9.63. The van der Waals surface area contributed by atoms with Crippen LogP contribution in [0.15, 0.2) is 6.07 Å². The van der Waals surface area contributed by atoms with Crippen molar-refractivity contribution >= 4 is 11.6 Å². The molecule has 0 bridgehead atoms. The second-order valence-electron chi connectivity index (χ2n) is 3.87. The fourth-order valence-electron chi connectivity index (χ4n) is 1.85. The highest BCUT2D eigenvalue weighted by atomic mass is 35.5. The van der Waals surface area contributed by atoms with Crippen LogP contribution in [0, 0.1) is 13.8 Å². The van der Waals surface area contributed by atoms with E-state index in [0.717, 1.165) is 22.4 Å². The van der Waals surface area contributed by atoms with E-state index >= 15 is 0 Å². The molecule has 1 rings (SSSR count). The summed E-state index contributed by atoms with van der Waals surface area (Å²) in [6, 6.07) is 1.63. The molecule has 3 N–H and O–H groups in total.